The number of nitrogens with one attached hydrogen (secondary N) is 1. The minimum Gasteiger partial charge on any atom is -0.309 e. The van der Waals surface area contributed by atoms with Crippen LogP contribution in [0.15, 0.2) is 48.0 Å². The molecule has 0 saturated carbocycles. The number of hydrogen-bond donors (Lipinski definition) is 1. The van der Waals surface area contributed by atoms with Gasteiger partial charge in [-0.05, 0) is 64.3 Å². The zero-order chi connectivity index (χ0) is 13.2. The topological polar surface area (TPSA) is 24.9 Å². The Kier molecular flexibility index (Phi) is 3.81. The van der Waals surface area contributed by atoms with E-state index in [1.54, 1.807) is 11.3 Å². The summed E-state index contributed by atoms with van der Waals surface area (Å²) >= 11 is 4.14. The second kappa shape index (κ2) is 5.56. The first kappa shape index (κ1) is 13.0. The van der Waals surface area contributed by atoms with Crippen LogP contribution in [0.3, 0.4) is 0 Å². The van der Waals surface area contributed by atoms with Crippen LogP contribution >= 0.6 is 33.9 Å². The molecular formula is C15H13IN2S. The van der Waals surface area contributed by atoms with Crippen molar-refractivity contribution in [2.75, 3.05) is 7.05 Å². The minimum atomic E-state index is 0.228. The van der Waals surface area contributed by atoms with Crippen molar-refractivity contribution >= 4 is 44.8 Å². The van der Waals surface area contributed by atoms with Crippen molar-refractivity contribution in [3.05, 3.63) is 62.0 Å². The highest BCUT2D eigenvalue weighted by molar-refractivity contribution is 14.1. The summed E-state index contributed by atoms with van der Waals surface area (Å²) < 4.78 is 1.31. The van der Waals surface area contributed by atoms with Crippen molar-refractivity contribution in [2.24, 2.45) is 0 Å². The van der Waals surface area contributed by atoms with Crippen LogP contribution in [0, 0.1) is 2.88 Å². The molecule has 0 aliphatic rings. The van der Waals surface area contributed by atoms with E-state index in [0.717, 1.165) is 5.52 Å². The first-order valence-electron chi connectivity index (χ1n) is 6.04. The number of halogens is 1. The zero-order valence-electron chi connectivity index (χ0n) is 10.4. The molecular weight excluding hydrogens is 367 g/mol. The minimum absolute atomic E-state index is 0.228. The van der Waals surface area contributed by atoms with Gasteiger partial charge in [-0.2, -0.15) is 0 Å². The van der Waals surface area contributed by atoms with Gasteiger partial charge in [-0.3, -0.25) is 4.98 Å². The van der Waals surface area contributed by atoms with Crippen LogP contribution in [0.2, 0.25) is 0 Å². The van der Waals surface area contributed by atoms with Crippen molar-refractivity contribution in [2.45, 2.75) is 6.04 Å². The Bertz CT molecular complexity index is 708. The number of aromatic nitrogens is 1. The molecule has 1 N–H and O–H groups in total. The van der Waals surface area contributed by atoms with E-state index in [-0.39, 0.29) is 6.04 Å². The smallest absolute Gasteiger partial charge is 0.0705 e. The van der Waals surface area contributed by atoms with E-state index in [9.17, 15) is 0 Å². The predicted molar refractivity (Wildman–Crippen MR) is 89.7 cm³/mol. The van der Waals surface area contributed by atoms with Crippen molar-refractivity contribution in [1.29, 1.82) is 0 Å². The third-order valence-electron chi connectivity index (χ3n) is 3.17. The molecule has 0 bridgehead atoms. The number of fused-ring (bicyclic) bond motifs is 1. The zero-order valence-corrected chi connectivity index (χ0v) is 13.4. The maximum atomic E-state index is 4.43. The second-order valence-corrected chi connectivity index (χ2v) is 7.17. The molecule has 96 valence electrons. The van der Waals surface area contributed by atoms with Crippen molar-refractivity contribution < 1.29 is 0 Å². The summed E-state index contributed by atoms with van der Waals surface area (Å²) in [5.74, 6) is 0. The van der Waals surface area contributed by atoms with Crippen molar-refractivity contribution in [3.63, 3.8) is 0 Å². The fourth-order valence-electron chi connectivity index (χ4n) is 2.26. The lowest BCUT2D eigenvalue weighted by Gasteiger charge is -2.15. The first-order chi connectivity index (χ1) is 9.28. The first-order valence-corrected chi connectivity index (χ1v) is 7.99. The van der Waals surface area contributed by atoms with Gasteiger partial charge in [0.2, 0.25) is 0 Å². The van der Waals surface area contributed by atoms with E-state index >= 15 is 0 Å². The average Bonchev–Trinajstić information content (AvgIpc) is 2.86. The molecule has 0 amide bonds. The molecule has 1 aromatic carbocycles. The number of hydrogen-bond acceptors (Lipinski definition) is 3. The van der Waals surface area contributed by atoms with Gasteiger partial charge in [0.15, 0.2) is 0 Å². The van der Waals surface area contributed by atoms with Gasteiger partial charge < -0.3 is 5.32 Å². The Morgan fingerprint density at radius 1 is 1.21 bits per heavy atom. The van der Waals surface area contributed by atoms with Crippen molar-refractivity contribution in [3.8, 4) is 0 Å². The summed E-state index contributed by atoms with van der Waals surface area (Å²) in [5, 5.41) is 6.78. The molecule has 3 rings (SSSR count). The molecule has 19 heavy (non-hydrogen) atoms. The molecule has 2 nitrogen and oxygen atoms in total. The van der Waals surface area contributed by atoms with Crippen LogP contribution in [0.4, 0.5) is 0 Å². The second-order valence-electron chi connectivity index (χ2n) is 4.36. The summed E-state index contributed by atoms with van der Waals surface area (Å²) in [7, 11) is 2.00. The van der Waals surface area contributed by atoms with Gasteiger partial charge in [0.05, 0.1) is 14.4 Å². The van der Waals surface area contributed by atoms with E-state index in [4.69, 9.17) is 0 Å². The number of nitrogens with zero attached hydrogens (tertiary/aromatic N) is 1. The summed E-state index contributed by atoms with van der Waals surface area (Å²) in [6.45, 7) is 0. The molecule has 3 aromatic rings. The normalized spacial score (nSPS) is 12.7. The quantitative estimate of drug-likeness (QED) is 0.689. The highest BCUT2D eigenvalue weighted by atomic mass is 127. The molecule has 0 spiro atoms. The van der Waals surface area contributed by atoms with E-state index in [1.165, 1.54) is 19.4 Å². The third-order valence-corrected chi connectivity index (χ3v) is 4.98. The van der Waals surface area contributed by atoms with Gasteiger partial charge in [-0.25, -0.2) is 0 Å². The fraction of sp³-hybridized carbons (Fsp3) is 0.133. The Morgan fingerprint density at radius 3 is 2.84 bits per heavy atom. The summed E-state index contributed by atoms with van der Waals surface area (Å²) in [4.78, 5) is 4.43. The third kappa shape index (κ3) is 2.66. The highest BCUT2D eigenvalue weighted by Gasteiger charge is 2.14. The maximum absolute atomic E-state index is 4.43. The number of pyridine rings is 1. The lowest BCUT2D eigenvalue weighted by molar-refractivity contribution is 0.695. The maximum Gasteiger partial charge on any atom is 0.0705 e. The molecule has 1 unspecified atom stereocenters. The Labute approximate surface area is 130 Å². The van der Waals surface area contributed by atoms with E-state index < -0.39 is 0 Å². The van der Waals surface area contributed by atoms with Crippen LogP contribution < -0.4 is 5.32 Å². The van der Waals surface area contributed by atoms with Crippen LogP contribution in [0.25, 0.3) is 10.9 Å². The molecule has 0 radical (unpaired) electrons. The molecule has 0 aliphatic carbocycles. The van der Waals surface area contributed by atoms with Gasteiger partial charge in [-0.15, -0.1) is 11.3 Å². The van der Waals surface area contributed by atoms with Gasteiger partial charge in [-0.1, -0.05) is 18.2 Å². The molecule has 0 fully saturated rings. The lowest BCUT2D eigenvalue weighted by Crippen LogP contribution is -2.16. The molecule has 2 heterocycles. The monoisotopic (exact) mass is 380 g/mol. The molecule has 4 heteroatoms. The molecule has 2 aromatic heterocycles. The van der Waals surface area contributed by atoms with Crippen LogP contribution in [0.5, 0.6) is 0 Å². The summed E-state index contributed by atoms with van der Waals surface area (Å²) in [6, 6.07) is 13.0. The Morgan fingerprint density at radius 2 is 2.11 bits per heavy atom. The van der Waals surface area contributed by atoms with Gasteiger partial charge in [0, 0.05) is 11.6 Å². The average molecular weight is 380 g/mol. The Balaban J connectivity index is 2.06. The van der Waals surface area contributed by atoms with Crippen LogP contribution in [0.1, 0.15) is 17.2 Å². The fourth-order valence-corrected chi connectivity index (χ4v) is 3.66. The molecule has 0 aliphatic heterocycles. The predicted octanol–water partition coefficient (Wildman–Crippen LogP) is 4.21. The van der Waals surface area contributed by atoms with Crippen LogP contribution in [-0.2, 0) is 0 Å². The van der Waals surface area contributed by atoms with E-state index in [2.05, 4.69) is 68.6 Å². The van der Waals surface area contributed by atoms with E-state index in [0.29, 0.717) is 0 Å². The summed E-state index contributed by atoms with van der Waals surface area (Å²) in [5.41, 5.74) is 3.61. The largest absolute Gasteiger partial charge is 0.309 e. The van der Waals surface area contributed by atoms with Gasteiger partial charge >= 0.3 is 0 Å². The lowest BCUT2D eigenvalue weighted by atomic mass is 10.00. The molecule has 0 saturated heterocycles. The molecule has 1 atom stereocenters. The SMILES string of the molecule is CNC(c1csc(I)c1)c1ccc2cccnc2c1. The highest BCUT2D eigenvalue weighted by Crippen LogP contribution is 2.28. The van der Waals surface area contributed by atoms with Gasteiger partial charge in [0.1, 0.15) is 0 Å². The Hall–Kier alpha value is -0.980. The van der Waals surface area contributed by atoms with Crippen molar-refractivity contribution in [1.82, 2.24) is 10.3 Å². The van der Waals surface area contributed by atoms with E-state index in [1.807, 2.05) is 19.3 Å². The van der Waals surface area contributed by atoms with Crippen LogP contribution in [-0.4, -0.2) is 12.0 Å². The van der Waals surface area contributed by atoms with Gasteiger partial charge in [0.25, 0.3) is 0 Å². The standard InChI is InChI=1S/C15H13IN2S/c1-17-15(12-8-14(16)19-9-12)11-5-4-10-3-2-6-18-13(10)7-11/h2-9,15,17H,1H3. The number of thiophene rings is 1. The number of benzene rings is 1. The summed E-state index contributed by atoms with van der Waals surface area (Å²) in [6.07, 6.45) is 1.84. The number of rotatable bonds is 3.